The minimum absolute atomic E-state index is 0.00247. The summed E-state index contributed by atoms with van der Waals surface area (Å²) in [4.78, 5) is 12.9. The molecule has 2 aromatic heterocycles. The van der Waals surface area contributed by atoms with Crippen LogP contribution >= 0.6 is 15.9 Å². The number of rotatable bonds is 7. The van der Waals surface area contributed by atoms with Crippen LogP contribution < -0.4 is 15.9 Å². The molecule has 0 aliphatic heterocycles. The number of ether oxygens (including phenoxy) is 1. The van der Waals surface area contributed by atoms with E-state index in [0.717, 1.165) is 10.0 Å². The standard InChI is InChI=1S/C20H17BrN8O3/c1-2-31-15-5-3-4-13(10-15)17-16(24-28-29(17)19-18(22)26-32-27-19)20(30)25-23-11-12-6-8-14(21)9-7-12/h3-11H,2H2,1H3,(H2,22,26)(H,25,30)/b23-11+. The first-order valence-corrected chi connectivity index (χ1v) is 10.2. The number of amides is 1. The minimum Gasteiger partial charge on any atom is -0.494 e. The lowest BCUT2D eigenvalue weighted by atomic mass is 10.1. The number of anilines is 1. The number of benzene rings is 2. The number of aromatic nitrogens is 5. The summed E-state index contributed by atoms with van der Waals surface area (Å²) in [5, 5.41) is 19.4. The van der Waals surface area contributed by atoms with E-state index in [1.54, 1.807) is 24.3 Å². The summed E-state index contributed by atoms with van der Waals surface area (Å²) in [5.74, 6) is 0.143. The second-order valence-corrected chi connectivity index (χ2v) is 7.30. The van der Waals surface area contributed by atoms with Crippen molar-refractivity contribution in [2.24, 2.45) is 5.10 Å². The van der Waals surface area contributed by atoms with Gasteiger partial charge in [-0.2, -0.15) is 9.78 Å². The minimum atomic E-state index is -0.573. The van der Waals surface area contributed by atoms with Gasteiger partial charge in [-0.3, -0.25) is 4.79 Å². The maximum atomic E-state index is 12.9. The van der Waals surface area contributed by atoms with Gasteiger partial charge in [0.2, 0.25) is 11.6 Å². The highest BCUT2D eigenvalue weighted by atomic mass is 79.9. The molecule has 2 aromatic carbocycles. The fourth-order valence-corrected chi connectivity index (χ4v) is 3.11. The summed E-state index contributed by atoms with van der Waals surface area (Å²) in [6.07, 6.45) is 1.52. The highest BCUT2D eigenvalue weighted by molar-refractivity contribution is 9.10. The lowest BCUT2D eigenvalue weighted by Gasteiger charge is -2.08. The Balaban J connectivity index is 1.69. The molecular formula is C20H17BrN8O3. The summed E-state index contributed by atoms with van der Waals surface area (Å²) in [6.45, 7) is 2.36. The molecule has 0 saturated carbocycles. The number of hydrogen-bond acceptors (Lipinski definition) is 9. The van der Waals surface area contributed by atoms with E-state index in [2.05, 4.69) is 51.7 Å². The largest absolute Gasteiger partial charge is 0.494 e. The fraction of sp³-hybridized carbons (Fsp3) is 0.100. The topological polar surface area (TPSA) is 146 Å². The average Bonchev–Trinajstić information content (AvgIpc) is 3.41. The van der Waals surface area contributed by atoms with Gasteiger partial charge in [-0.15, -0.1) is 5.10 Å². The molecule has 0 radical (unpaired) electrons. The van der Waals surface area contributed by atoms with Gasteiger partial charge in [0.25, 0.3) is 5.91 Å². The molecule has 0 unspecified atom stereocenters. The van der Waals surface area contributed by atoms with Crippen LogP contribution in [0.5, 0.6) is 5.75 Å². The molecule has 32 heavy (non-hydrogen) atoms. The summed E-state index contributed by atoms with van der Waals surface area (Å²) in [7, 11) is 0. The van der Waals surface area contributed by atoms with Crippen molar-refractivity contribution < 1.29 is 14.2 Å². The van der Waals surface area contributed by atoms with E-state index in [0.29, 0.717) is 23.6 Å². The molecule has 0 bridgehead atoms. The maximum absolute atomic E-state index is 12.9. The summed E-state index contributed by atoms with van der Waals surface area (Å²) in [6, 6.07) is 14.6. The molecule has 4 aromatic rings. The molecule has 0 fully saturated rings. The van der Waals surface area contributed by atoms with Gasteiger partial charge in [0.1, 0.15) is 11.4 Å². The lowest BCUT2D eigenvalue weighted by Crippen LogP contribution is -2.19. The Bertz CT molecular complexity index is 1270. The number of nitrogen functional groups attached to an aromatic ring is 1. The van der Waals surface area contributed by atoms with Crippen molar-refractivity contribution in [1.29, 1.82) is 0 Å². The van der Waals surface area contributed by atoms with Gasteiger partial charge in [0.15, 0.2) is 5.69 Å². The number of carbonyl (C=O) groups excluding carboxylic acids is 1. The van der Waals surface area contributed by atoms with Gasteiger partial charge >= 0.3 is 0 Å². The fourth-order valence-electron chi connectivity index (χ4n) is 2.85. The first kappa shape index (κ1) is 21.2. The molecule has 0 aliphatic carbocycles. The third kappa shape index (κ3) is 4.49. The van der Waals surface area contributed by atoms with Gasteiger partial charge in [0.05, 0.1) is 12.8 Å². The van der Waals surface area contributed by atoms with Crippen molar-refractivity contribution in [2.45, 2.75) is 6.92 Å². The SMILES string of the molecule is CCOc1cccc(-c2c(C(=O)N/N=C/c3ccc(Br)cc3)nnn2-c2nonc2N)c1. The Morgan fingerprint density at radius 1 is 1.28 bits per heavy atom. The van der Waals surface area contributed by atoms with Gasteiger partial charge in [-0.05, 0) is 47.1 Å². The zero-order chi connectivity index (χ0) is 22.5. The number of nitrogens with one attached hydrogen (secondary N) is 1. The van der Waals surface area contributed by atoms with E-state index in [1.165, 1.54) is 10.9 Å². The van der Waals surface area contributed by atoms with Crippen LogP contribution in [0.2, 0.25) is 0 Å². The van der Waals surface area contributed by atoms with Crippen LogP contribution in [0.15, 0.2) is 62.7 Å². The van der Waals surface area contributed by atoms with Gasteiger partial charge in [0, 0.05) is 10.0 Å². The monoisotopic (exact) mass is 496 g/mol. The second kappa shape index (κ2) is 9.39. The lowest BCUT2D eigenvalue weighted by molar-refractivity contribution is 0.0950. The molecule has 0 saturated heterocycles. The molecule has 11 nitrogen and oxygen atoms in total. The molecule has 0 spiro atoms. The van der Waals surface area contributed by atoms with Gasteiger partial charge in [-0.1, -0.05) is 45.4 Å². The van der Waals surface area contributed by atoms with Crippen LogP contribution in [-0.4, -0.2) is 44.0 Å². The van der Waals surface area contributed by atoms with E-state index in [4.69, 9.17) is 10.5 Å². The van der Waals surface area contributed by atoms with Crippen LogP contribution in [0.4, 0.5) is 5.82 Å². The number of halogens is 1. The predicted molar refractivity (Wildman–Crippen MR) is 119 cm³/mol. The van der Waals surface area contributed by atoms with Crippen molar-refractivity contribution in [1.82, 2.24) is 30.7 Å². The van der Waals surface area contributed by atoms with E-state index >= 15 is 0 Å². The zero-order valence-electron chi connectivity index (χ0n) is 16.8. The van der Waals surface area contributed by atoms with Crippen molar-refractivity contribution in [3.8, 4) is 22.8 Å². The molecule has 4 rings (SSSR count). The summed E-state index contributed by atoms with van der Waals surface area (Å²) >= 11 is 3.37. The van der Waals surface area contributed by atoms with Gasteiger partial charge < -0.3 is 10.5 Å². The Morgan fingerprint density at radius 3 is 2.81 bits per heavy atom. The molecule has 3 N–H and O–H groups in total. The molecule has 1 amide bonds. The van der Waals surface area contributed by atoms with Crippen molar-refractivity contribution >= 4 is 33.9 Å². The molecular weight excluding hydrogens is 480 g/mol. The van der Waals surface area contributed by atoms with Crippen molar-refractivity contribution in [2.75, 3.05) is 12.3 Å². The second-order valence-electron chi connectivity index (χ2n) is 6.38. The highest BCUT2D eigenvalue weighted by Crippen LogP contribution is 2.29. The smallest absolute Gasteiger partial charge is 0.294 e. The quantitative estimate of drug-likeness (QED) is 0.293. The third-order valence-corrected chi connectivity index (χ3v) is 4.78. The van der Waals surface area contributed by atoms with E-state index in [9.17, 15) is 4.79 Å². The summed E-state index contributed by atoms with van der Waals surface area (Å²) < 4.78 is 12.5. The number of hydrogen-bond donors (Lipinski definition) is 2. The normalized spacial score (nSPS) is 11.1. The zero-order valence-corrected chi connectivity index (χ0v) is 18.4. The number of nitrogens with zero attached hydrogens (tertiary/aromatic N) is 6. The van der Waals surface area contributed by atoms with Gasteiger partial charge in [-0.25, -0.2) is 10.1 Å². The predicted octanol–water partition coefficient (Wildman–Crippen LogP) is 2.82. The van der Waals surface area contributed by atoms with Crippen molar-refractivity contribution in [3.63, 3.8) is 0 Å². The Morgan fingerprint density at radius 2 is 2.09 bits per heavy atom. The molecule has 0 aliphatic rings. The number of carbonyl (C=O) groups is 1. The third-order valence-electron chi connectivity index (χ3n) is 4.25. The number of hydrazone groups is 1. The van der Waals surface area contributed by atoms with Crippen LogP contribution in [0, 0.1) is 0 Å². The molecule has 0 atom stereocenters. The van der Waals surface area contributed by atoms with Crippen LogP contribution in [0.3, 0.4) is 0 Å². The molecule has 162 valence electrons. The Labute approximate surface area is 190 Å². The highest BCUT2D eigenvalue weighted by Gasteiger charge is 2.25. The average molecular weight is 497 g/mol. The van der Waals surface area contributed by atoms with Crippen LogP contribution in [-0.2, 0) is 0 Å². The molecule has 12 heteroatoms. The van der Waals surface area contributed by atoms with Crippen LogP contribution in [0.25, 0.3) is 17.1 Å². The van der Waals surface area contributed by atoms with E-state index in [-0.39, 0.29) is 17.3 Å². The van der Waals surface area contributed by atoms with Crippen molar-refractivity contribution in [3.05, 3.63) is 64.3 Å². The first-order valence-electron chi connectivity index (χ1n) is 9.43. The first-order chi connectivity index (χ1) is 15.6. The van der Waals surface area contributed by atoms with Crippen LogP contribution in [0.1, 0.15) is 23.0 Å². The number of nitrogens with two attached hydrogens (primary N) is 1. The summed E-state index contributed by atoms with van der Waals surface area (Å²) in [5.41, 5.74) is 10.0. The Kier molecular flexibility index (Phi) is 6.22. The molecule has 2 heterocycles. The Hall–Kier alpha value is -4.06. The van der Waals surface area contributed by atoms with E-state index in [1.807, 2.05) is 31.2 Å². The maximum Gasteiger partial charge on any atom is 0.294 e. The van der Waals surface area contributed by atoms with E-state index < -0.39 is 5.91 Å².